The summed E-state index contributed by atoms with van der Waals surface area (Å²) in [7, 11) is 3.98. The summed E-state index contributed by atoms with van der Waals surface area (Å²) in [5, 5.41) is 5.67. The van der Waals surface area contributed by atoms with Crippen LogP contribution >= 0.6 is 36.2 Å². The molecule has 0 fully saturated rings. The summed E-state index contributed by atoms with van der Waals surface area (Å²) < 4.78 is 33.8. The number of nitrogens with one attached hydrogen (secondary N) is 1. The van der Waals surface area contributed by atoms with Gasteiger partial charge in [0.25, 0.3) is 0 Å². The molecule has 3 rings (SSSR count). The molecule has 0 aliphatic rings. The van der Waals surface area contributed by atoms with Crippen molar-refractivity contribution >= 4 is 53.2 Å². The van der Waals surface area contributed by atoms with Gasteiger partial charge in [0.15, 0.2) is 22.5 Å². The minimum Gasteiger partial charge on any atom is -0.450 e. The summed E-state index contributed by atoms with van der Waals surface area (Å²) in [5.41, 5.74) is 1.51. The van der Waals surface area contributed by atoms with Gasteiger partial charge in [-0.1, -0.05) is 18.2 Å². The standard InChI is InChI=1S/C21H22F2N4OS.2ClH/c1-14-13-29-21(25-14)26-19-11-18(28-20-16(22)8-6-9-17(20)23)15(12-24-19)7-4-5-10-27(2)3;;/h4,6-9,11-13H,5,10H2,1-3H3,(H,24,25,26);2*1H. The summed E-state index contributed by atoms with van der Waals surface area (Å²) in [6.45, 7) is 2.78. The third-order valence-electron chi connectivity index (χ3n) is 3.92. The number of rotatable bonds is 8. The Morgan fingerprint density at radius 2 is 1.90 bits per heavy atom. The minimum atomic E-state index is -0.769. The molecule has 3 aromatic rings. The van der Waals surface area contributed by atoms with Crippen molar-refractivity contribution in [3.63, 3.8) is 0 Å². The Balaban J connectivity index is 0.00000240. The fourth-order valence-corrected chi connectivity index (χ4v) is 3.18. The second-order valence-electron chi connectivity index (χ2n) is 6.67. The molecule has 0 aliphatic heterocycles. The third kappa shape index (κ3) is 7.74. The van der Waals surface area contributed by atoms with E-state index in [1.807, 2.05) is 38.6 Å². The number of anilines is 2. The van der Waals surface area contributed by atoms with Crippen molar-refractivity contribution in [3.8, 4) is 11.5 Å². The Labute approximate surface area is 197 Å². The molecule has 31 heavy (non-hydrogen) atoms. The number of hydrogen-bond donors (Lipinski definition) is 1. The van der Waals surface area contributed by atoms with Gasteiger partial charge < -0.3 is 15.0 Å². The zero-order valence-corrected chi connectivity index (χ0v) is 19.7. The molecule has 10 heteroatoms. The number of aryl methyl sites for hydroxylation is 1. The molecule has 2 aromatic heterocycles. The highest BCUT2D eigenvalue weighted by Crippen LogP contribution is 2.32. The van der Waals surface area contributed by atoms with Crippen LogP contribution in [0, 0.1) is 18.6 Å². The second-order valence-corrected chi connectivity index (χ2v) is 7.53. The molecule has 0 bridgehead atoms. The maximum Gasteiger partial charge on any atom is 0.198 e. The van der Waals surface area contributed by atoms with E-state index in [1.54, 1.807) is 12.3 Å². The van der Waals surface area contributed by atoms with E-state index in [1.165, 1.54) is 17.4 Å². The van der Waals surface area contributed by atoms with E-state index in [-0.39, 0.29) is 24.8 Å². The first-order chi connectivity index (χ1) is 13.9. The first-order valence-corrected chi connectivity index (χ1v) is 9.92. The van der Waals surface area contributed by atoms with Gasteiger partial charge in [-0.15, -0.1) is 36.2 Å². The van der Waals surface area contributed by atoms with Crippen LogP contribution in [0.1, 0.15) is 17.7 Å². The van der Waals surface area contributed by atoms with Gasteiger partial charge in [-0.25, -0.2) is 18.7 Å². The lowest BCUT2D eigenvalue weighted by Crippen LogP contribution is -2.11. The molecule has 0 saturated heterocycles. The first kappa shape index (κ1) is 26.8. The summed E-state index contributed by atoms with van der Waals surface area (Å²) in [4.78, 5) is 10.8. The van der Waals surface area contributed by atoms with Crippen molar-refractivity contribution in [2.24, 2.45) is 0 Å². The quantitative estimate of drug-likeness (QED) is 0.393. The van der Waals surface area contributed by atoms with Gasteiger partial charge in [-0.05, 0) is 39.6 Å². The van der Waals surface area contributed by atoms with Crippen LogP contribution in [-0.2, 0) is 0 Å². The van der Waals surface area contributed by atoms with Crippen LogP contribution < -0.4 is 10.1 Å². The maximum atomic E-state index is 14.1. The molecule has 5 nitrogen and oxygen atoms in total. The largest absolute Gasteiger partial charge is 0.450 e. The number of pyridine rings is 1. The molecule has 0 spiro atoms. The molecule has 0 amide bonds. The number of ether oxygens (including phenoxy) is 1. The van der Waals surface area contributed by atoms with Crippen molar-refractivity contribution in [2.45, 2.75) is 13.3 Å². The van der Waals surface area contributed by atoms with Crippen LogP contribution in [0.25, 0.3) is 6.08 Å². The Bertz CT molecular complexity index is 995. The smallest absolute Gasteiger partial charge is 0.198 e. The van der Waals surface area contributed by atoms with Crippen LogP contribution in [0.3, 0.4) is 0 Å². The van der Waals surface area contributed by atoms with Crippen LogP contribution in [0.5, 0.6) is 11.5 Å². The van der Waals surface area contributed by atoms with Crippen LogP contribution in [0.15, 0.2) is 41.9 Å². The highest BCUT2D eigenvalue weighted by Gasteiger charge is 2.14. The normalized spacial score (nSPS) is 10.6. The zero-order valence-electron chi connectivity index (χ0n) is 17.3. The van der Waals surface area contributed by atoms with E-state index in [4.69, 9.17) is 4.74 Å². The average Bonchev–Trinajstić information content (AvgIpc) is 3.08. The molecule has 0 saturated carbocycles. The van der Waals surface area contributed by atoms with E-state index in [0.717, 1.165) is 30.8 Å². The predicted molar refractivity (Wildman–Crippen MR) is 128 cm³/mol. The van der Waals surface area contributed by atoms with Gasteiger partial charge in [0.1, 0.15) is 11.6 Å². The number of hydrogen-bond acceptors (Lipinski definition) is 6. The topological polar surface area (TPSA) is 50.3 Å². The van der Waals surface area contributed by atoms with Gasteiger partial charge in [0.2, 0.25) is 0 Å². The van der Waals surface area contributed by atoms with Crippen molar-refractivity contribution in [2.75, 3.05) is 26.0 Å². The van der Waals surface area contributed by atoms with Crippen LogP contribution in [-0.4, -0.2) is 35.5 Å². The van der Waals surface area contributed by atoms with E-state index in [2.05, 4.69) is 20.2 Å². The number of thiazole rings is 1. The molecule has 168 valence electrons. The fraction of sp³-hybridized carbons (Fsp3) is 0.238. The fourth-order valence-electron chi connectivity index (χ4n) is 2.48. The summed E-state index contributed by atoms with van der Waals surface area (Å²) in [6, 6.07) is 5.21. The van der Waals surface area contributed by atoms with Gasteiger partial charge in [-0.2, -0.15) is 0 Å². The average molecular weight is 489 g/mol. The molecule has 0 unspecified atom stereocenters. The zero-order chi connectivity index (χ0) is 20.8. The Morgan fingerprint density at radius 1 is 1.19 bits per heavy atom. The van der Waals surface area contributed by atoms with Crippen molar-refractivity contribution in [1.82, 2.24) is 14.9 Å². The number of aromatic nitrogens is 2. The minimum absolute atomic E-state index is 0. The maximum absolute atomic E-state index is 14.1. The van der Waals surface area contributed by atoms with Crippen molar-refractivity contribution < 1.29 is 13.5 Å². The molecule has 1 N–H and O–H groups in total. The monoisotopic (exact) mass is 488 g/mol. The first-order valence-electron chi connectivity index (χ1n) is 9.04. The molecular formula is C21H24Cl2F2N4OS. The summed E-state index contributed by atoms with van der Waals surface area (Å²) >= 11 is 1.44. The van der Waals surface area contributed by atoms with E-state index >= 15 is 0 Å². The number of halogens is 4. The molecule has 2 heterocycles. The molecule has 1 aromatic carbocycles. The predicted octanol–water partition coefficient (Wildman–Crippen LogP) is 6.47. The molecular weight excluding hydrogens is 465 g/mol. The summed E-state index contributed by atoms with van der Waals surface area (Å²) in [6.07, 6.45) is 6.22. The van der Waals surface area contributed by atoms with Gasteiger partial charge in [0.05, 0.1) is 5.69 Å². The Hall–Kier alpha value is -2.26. The van der Waals surface area contributed by atoms with E-state index in [9.17, 15) is 8.78 Å². The Kier molecular flexibility index (Phi) is 10.8. The molecule has 0 aliphatic carbocycles. The lowest BCUT2D eigenvalue weighted by atomic mass is 10.2. The number of nitrogens with zero attached hydrogens (tertiary/aromatic N) is 3. The number of para-hydroxylation sites is 1. The van der Waals surface area contributed by atoms with Gasteiger partial charge in [0, 0.05) is 29.8 Å². The highest BCUT2D eigenvalue weighted by atomic mass is 35.5. The van der Waals surface area contributed by atoms with Crippen LogP contribution in [0.2, 0.25) is 0 Å². The van der Waals surface area contributed by atoms with E-state index < -0.39 is 17.4 Å². The van der Waals surface area contributed by atoms with Gasteiger partial charge >= 0.3 is 0 Å². The number of benzene rings is 1. The Morgan fingerprint density at radius 3 is 2.52 bits per heavy atom. The second kappa shape index (κ2) is 12.6. The van der Waals surface area contributed by atoms with Crippen molar-refractivity contribution in [1.29, 1.82) is 0 Å². The highest BCUT2D eigenvalue weighted by molar-refractivity contribution is 7.13. The lowest BCUT2D eigenvalue weighted by Gasteiger charge is -2.12. The SMILES string of the molecule is Cc1csc(Nc2cc(Oc3c(F)cccc3F)c(C=CCCN(C)C)cn2)n1.Cl.Cl. The van der Waals surface area contributed by atoms with Gasteiger partial charge in [-0.3, -0.25) is 0 Å². The van der Waals surface area contributed by atoms with Crippen LogP contribution in [0.4, 0.5) is 19.7 Å². The summed E-state index contributed by atoms with van der Waals surface area (Å²) in [5.74, 6) is -1.22. The van der Waals surface area contributed by atoms with E-state index in [0.29, 0.717) is 22.3 Å². The third-order valence-corrected chi connectivity index (χ3v) is 4.80. The lowest BCUT2D eigenvalue weighted by molar-refractivity contribution is 0.406. The van der Waals surface area contributed by atoms with Crippen molar-refractivity contribution in [3.05, 3.63) is 64.8 Å². The molecule has 0 atom stereocenters. The molecule has 0 radical (unpaired) electrons.